The molecular formula is C12H7NNaO4+. The van der Waals surface area contributed by atoms with Gasteiger partial charge >= 0.3 is 29.6 Å². The maximum Gasteiger partial charge on any atom is 1.00 e. The van der Waals surface area contributed by atoms with Gasteiger partial charge in [0.05, 0.1) is 4.92 Å². The quantitative estimate of drug-likeness (QED) is 0.283. The molecule has 0 fully saturated rings. The fraction of sp³-hybridized carbons (Fsp3) is 0. The number of nitrogens with zero attached hydrogens (tertiary/aromatic N) is 1. The van der Waals surface area contributed by atoms with E-state index in [1.54, 1.807) is 0 Å². The number of nitro groups is 1. The third kappa shape index (κ3) is 3.01. The molecule has 1 aromatic rings. The third-order valence-corrected chi connectivity index (χ3v) is 2.34. The first-order chi connectivity index (χ1) is 8.08. The van der Waals surface area contributed by atoms with Crippen LogP contribution in [0.5, 0.6) is 0 Å². The van der Waals surface area contributed by atoms with Crippen molar-refractivity contribution < 1.29 is 44.1 Å². The summed E-state index contributed by atoms with van der Waals surface area (Å²) >= 11 is 0. The van der Waals surface area contributed by atoms with E-state index in [4.69, 9.17) is 0 Å². The van der Waals surface area contributed by atoms with Crippen molar-refractivity contribution in [1.29, 1.82) is 0 Å². The van der Waals surface area contributed by atoms with Crippen molar-refractivity contribution in [2.75, 3.05) is 0 Å². The molecule has 0 aliphatic heterocycles. The predicted octanol–water partition coefficient (Wildman–Crippen LogP) is -1.31. The Morgan fingerprint density at radius 1 is 1.00 bits per heavy atom. The third-order valence-electron chi connectivity index (χ3n) is 2.34. The molecule has 0 amide bonds. The van der Waals surface area contributed by atoms with Gasteiger partial charge in [-0.15, -0.1) is 0 Å². The monoisotopic (exact) mass is 252 g/mol. The molecule has 1 aliphatic carbocycles. The second-order valence-corrected chi connectivity index (χ2v) is 3.46. The number of benzene rings is 1. The van der Waals surface area contributed by atoms with Gasteiger partial charge < -0.3 is 0 Å². The van der Waals surface area contributed by atoms with E-state index in [0.29, 0.717) is 5.56 Å². The summed E-state index contributed by atoms with van der Waals surface area (Å²) in [4.78, 5) is 32.6. The SMILES string of the molecule is O=C1C=CC(=O)C(c2ccc([N+](=O)[O-])cc2)=C1.[Na+]. The zero-order valence-electron chi connectivity index (χ0n) is 9.62. The van der Waals surface area contributed by atoms with E-state index in [1.165, 1.54) is 42.5 Å². The molecule has 0 unspecified atom stereocenters. The second-order valence-electron chi connectivity index (χ2n) is 3.46. The van der Waals surface area contributed by atoms with E-state index in [0.717, 1.165) is 0 Å². The number of nitro benzene ring substituents is 1. The molecule has 6 heteroatoms. The summed E-state index contributed by atoms with van der Waals surface area (Å²) in [6, 6.07) is 5.50. The minimum absolute atomic E-state index is 0. The summed E-state index contributed by atoms with van der Waals surface area (Å²) in [7, 11) is 0. The van der Waals surface area contributed by atoms with Gasteiger partial charge in [-0.05, 0) is 35.9 Å². The Morgan fingerprint density at radius 2 is 1.61 bits per heavy atom. The molecule has 0 atom stereocenters. The van der Waals surface area contributed by atoms with Gasteiger partial charge in [0.2, 0.25) is 0 Å². The molecule has 2 rings (SSSR count). The largest absolute Gasteiger partial charge is 1.00 e. The Bertz CT molecular complexity index is 572. The van der Waals surface area contributed by atoms with Crippen molar-refractivity contribution in [3.05, 3.63) is 58.2 Å². The number of carbonyl (C=O) groups is 2. The van der Waals surface area contributed by atoms with Gasteiger partial charge in [0.25, 0.3) is 5.69 Å². The van der Waals surface area contributed by atoms with Crippen LogP contribution in [-0.2, 0) is 9.59 Å². The van der Waals surface area contributed by atoms with E-state index in [2.05, 4.69) is 0 Å². The number of non-ortho nitro benzene ring substituents is 1. The molecule has 0 bridgehead atoms. The first-order valence-electron chi connectivity index (χ1n) is 4.81. The van der Waals surface area contributed by atoms with Crippen molar-refractivity contribution in [3.63, 3.8) is 0 Å². The van der Waals surface area contributed by atoms with Crippen molar-refractivity contribution in [3.8, 4) is 0 Å². The van der Waals surface area contributed by atoms with E-state index >= 15 is 0 Å². The maximum absolute atomic E-state index is 11.5. The summed E-state index contributed by atoms with van der Waals surface area (Å²) in [6.45, 7) is 0. The topological polar surface area (TPSA) is 77.3 Å². The van der Waals surface area contributed by atoms with Crippen LogP contribution in [0.25, 0.3) is 5.57 Å². The molecule has 0 heterocycles. The van der Waals surface area contributed by atoms with Crippen LogP contribution >= 0.6 is 0 Å². The molecule has 1 aliphatic rings. The molecule has 1 aromatic carbocycles. The minimum atomic E-state index is -0.522. The van der Waals surface area contributed by atoms with E-state index in [1.807, 2.05) is 0 Å². The Hall–Kier alpha value is -1.56. The summed E-state index contributed by atoms with van der Waals surface area (Å²) < 4.78 is 0. The van der Waals surface area contributed by atoms with Gasteiger partial charge in [-0.1, -0.05) is 0 Å². The molecule has 5 nitrogen and oxygen atoms in total. The van der Waals surface area contributed by atoms with Gasteiger partial charge in [-0.3, -0.25) is 19.7 Å². The Morgan fingerprint density at radius 3 is 2.17 bits per heavy atom. The standard InChI is InChI=1S/C12H7NO4.Na/c14-10-5-6-12(15)11(7-10)8-1-3-9(4-2-8)13(16)17;/h1-7H;/q;+1. The summed E-state index contributed by atoms with van der Waals surface area (Å²) in [6.07, 6.45) is 3.61. The number of rotatable bonds is 2. The van der Waals surface area contributed by atoms with Crippen LogP contribution in [0.4, 0.5) is 5.69 Å². The average Bonchev–Trinajstić information content (AvgIpc) is 2.32. The van der Waals surface area contributed by atoms with Gasteiger partial charge in [0, 0.05) is 17.7 Å². The fourth-order valence-corrected chi connectivity index (χ4v) is 1.50. The number of hydrogen-bond acceptors (Lipinski definition) is 4. The molecule has 18 heavy (non-hydrogen) atoms. The minimum Gasteiger partial charge on any atom is -0.290 e. The number of hydrogen-bond donors (Lipinski definition) is 0. The first kappa shape index (κ1) is 14.5. The van der Waals surface area contributed by atoms with Crippen molar-refractivity contribution in [2.24, 2.45) is 0 Å². The van der Waals surface area contributed by atoms with Crippen LogP contribution in [-0.4, -0.2) is 16.5 Å². The Labute approximate surface area is 125 Å². The molecule has 0 saturated carbocycles. The van der Waals surface area contributed by atoms with Crippen molar-refractivity contribution in [1.82, 2.24) is 0 Å². The fourth-order valence-electron chi connectivity index (χ4n) is 1.50. The molecule has 0 radical (unpaired) electrons. The summed E-state index contributed by atoms with van der Waals surface area (Å²) in [5.74, 6) is -0.545. The molecule has 0 aromatic heterocycles. The summed E-state index contributed by atoms with van der Waals surface area (Å²) in [5.41, 5.74) is 0.699. The van der Waals surface area contributed by atoms with Crippen molar-refractivity contribution in [2.45, 2.75) is 0 Å². The Balaban J connectivity index is 0.00000162. The predicted molar refractivity (Wildman–Crippen MR) is 60.2 cm³/mol. The van der Waals surface area contributed by atoms with E-state index in [-0.39, 0.29) is 52.4 Å². The number of carbonyl (C=O) groups excluding carboxylic acids is 2. The smallest absolute Gasteiger partial charge is 0.290 e. The molecule has 0 N–H and O–H groups in total. The van der Waals surface area contributed by atoms with Crippen LogP contribution in [0.15, 0.2) is 42.5 Å². The normalized spacial score (nSPS) is 13.9. The van der Waals surface area contributed by atoms with E-state index in [9.17, 15) is 19.7 Å². The second kappa shape index (κ2) is 5.86. The van der Waals surface area contributed by atoms with Crippen LogP contribution in [0.3, 0.4) is 0 Å². The van der Waals surface area contributed by atoms with Gasteiger partial charge in [-0.2, -0.15) is 0 Å². The van der Waals surface area contributed by atoms with Gasteiger partial charge in [0.1, 0.15) is 0 Å². The van der Waals surface area contributed by atoms with Gasteiger partial charge in [-0.25, -0.2) is 0 Å². The zero-order valence-corrected chi connectivity index (χ0v) is 11.6. The van der Waals surface area contributed by atoms with Crippen LogP contribution in [0.1, 0.15) is 5.56 Å². The maximum atomic E-state index is 11.5. The first-order valence-corrected chi connectivity index (χ1v) is 4.81. The molecule has 0 spiro atoms. The number of allylic oxidation sites excluding steroid dienone is 4. The number of ketones is 2. The molecular weight excluding hydrogens is 245 g/mol. The Kier molecular flexibility index (Phi) is 4.72. The van der Waals surface area contributed by atoms with Crippen LogP contribution in [0.2, 0.25) is 0 Å². The molecule has 84 valence electrons. The van der Waals surface area contributed by atoms with Crippen molar-refractivity contribution >= 4 is 22.8 Å². The van der Waals surface area contributed by atoms with E-state index < -0.39 is 4.92 Å². The average molecular weight is 252 g/mol. The zero-order chi connectivity index (χ0) is 12.4. The van der Waals surface area contributed by atoms with Crippen LogP contribution < -0.4 is 29.6 Å². The van der Waals surface area contributed by atoms with Crippen LogP contribution in [0, 0.1) is 10.1 Å². The van der Waals surface area contributed by atoms with Gasteiger partial charge in [0.15, 0.2) is 11.6 Å². The summed E-state index contributed by atoms with van der Waals surface area (Å²) in [5, 5.41) is 10.5. The molecule has 0 saturated heterocycles.